The Morgan fingerprint density at radius 2 is 1.85 bits per heavy atom. The Morgan fingerprint density at radius 3 is 2.63 bits per heavy atom. The lowest BCUT2D eigenvalue weighted by Gasteiger charge is -2.10. The molecule has 0 radical (unpaired) electrons. The molecule has 0 amide bonds. The molecule has 0 spiro atoms. The van der Waals surface area contributed by atoms with Crippen molar-refractivity contribution in [2.24, 2.45) is 0 Å². The third-order valence-electron chi connectivity index (χ3n) is 3.79. The zero-order valence-corrected chi connectivity index (χ0v) is 16.6. The van der Waals surface area contributed by atoms with E-state index in [0.29, 0.717) is 5.82 Å². The zero-order chi connectivity index (χ0) is 19.3. The molecule has 0 fully saturated rings. The van der Waals surface area contributed by atoms with Crippen molar-refractivity contribution < 1.29 is 8.42 Å². The Morgan fingerprint density at radius 1 is 1.04 bits per heavy atom. The van der Waals surface area contributed by atoms with Crippen LogP contribution in [0.1, 0.15) is 5.56 Å². The van der Waals surface area contributed by atoms with E-state index in [2.05, 4.69) is 26.1 Å². The molecule has 2 aromatic carbocycles. The van der Waals surface area contributed by atoms with E-state index in [0.717, 1.165) is 33.7 Å². The van der Waals surface area contributed by atoms with Crippen LogP contribution in [0.15, 0.2) is 65.8 Å². The quantitative estimate of drug-likeness (QED) is 0.589. The van der Waals surface area contributed by atoms with Crippen LogP contribution in [0, 0.1) is 0 Å². The molecule has 0 bridgehead atoms. The van der Waals surface area contributed by atoms with Crippen LogP contribution in [0.3, 0.4) is 0 Å². The number of aromatic nitrogens is 2. The Balaban J connectivity index is 1.81. The maximum Gasteiger partial charge on any atom is 0.209 e. The molecular formula is C19H20N4O2S2. The van der Waals surface area contributed by atoms with Gasteiger partial charge >= 0.3 is 0 Å². The van der Waals surface area contributed by atoms with E-state index < -0.39 is 10.0 Å². The van der Waals surface area contributed by atoms with Crippen molar-refractivity contribution in [2.75, 3.05) is 17.8 Å². The summed E-state index contributed by atoms with van der Waals surface area (Å²) < 4.78 is 25.0. The van der Waals surface area contributed by atoms with Crippen molar-refractivity contribution in [3.63, 3.8) is 0 Å². The number of anilines is 2. The van der Waals surface area contributed by atoms with E-state index >= 15 is 0 Å². The van der Waals surface area contributed by atoms with Gasteiger partial charge in [0.05, 0.1) is 11.9 Å². The van der Waals surface area contributed by atoms with Crippen LogP contribution >= 0.6 is 11.8 Å². The molecule has 27 heavy (non-hydrogen) atoms. The van der Waals surface area contributed by atoms with Gasteiger partial charge in [-0.3, -0.25) is 0 Å². The van der Waals surface area contributed by atoms with Crippen molar-refractivity contribution in [1.82, 2.24) is 14.7 Å². The van der Waals surface area contributed by atoms with E-state index in [-0.39, 0.29) is 6.54 Å². The molecule has 0 saturated heterocycles. The summed E-state index contributed by atoms with van der Waals surface area (Å²) in [5, 5.41) is 3.25. The molecule has 0 aliphatic rings. The van der Waals surface area contributed by atoms with Gasteiger partial charge in [0.25, 0.3) is 0 Å². The highest BCUT2D eigenvalue weighted by Gasteiger charge is 2.07. The summed E-state index contributed by atoms with van der Waals surface area (Å²) in [6, 6.07) is 17.5. The lowest BCUT2D eigenvalue weighted by molar-refractivity contribution is 0.587. The van der Waals surface area contributed by atoms with Crippen molar-refractivity contribution in [3.05, 3.63) is 66.5 Å². The minimum atomic E-state index is -3.23. The maximum absolute atomic E-state index is 11.3. The topological polar surface area (TPSA) is 84.0 Å². The summed E-state index contributed by atoms with van der Waals surface area (Å²) in [5.74, 6) is 0.670. The monoisotopic (exact) mass is 400 g/mol. The number of benzene rings is 2. The number of nitrogens with one attached hydrogen (secondary N) is 2. The molecule has 8 heteroatoms. The van der Waals surface area contributed by atoms with Crippen LogP contribution in [0.25, 0.3) is 11.3 Å². The Labute approximate surface area is 163 Å². The fourth-order valence-electron chi connectivity index (χ4n) is 2.55. The molecule has 0 atom stereocenters. The minimum Gasteiger partial charge on any atom is -0.340 e. The number of sulfonamides is 1. The van der Waals surface area contributed by atoms with Gasteiger partial charge in [0.15, 0.2) is 0 Å². The summed E-state index contributed by atoms with van der Waals surface area (Å²) in [7, 11) is -3.23. The van der Waals surface area contributed by atoms with Crippen molar-refractivity contribution >= 4 is 33.3 Å². The predicted molar refractivity (Wildman–Crippen MR) is 111 cm³/mol. The number of rotatable bonds is 7. The van der Waals surface area contributed by atoms with Crippen LogP contribution < -0.4 is 10.0 Å². The fourth-order valence-corrected chi connectivity index (χ4v) is 3.59. The molecule has 0 saturated carbocycles. The molecule has 140 valence electrons. The van der Waals surface area contributed by atoms with Gasteiger partial charge < -0.3 is 5.32 Å². The first-order valence-corrected chi connectivity index (χ1v) is 11.3. The first kappa shape index (κ1) is 19.3. The number of nitrogens with zero attached hydrogens (tertiary/aromatic N) is 2. The highest BCUT2D eigenvalue weighted by Crippen LogP contribution is 2.29. The second kappa shape index (κ2) is 8.51. The van der Waals surface area contributed by atoms with Gasteiger partial charge in [0.1, 0.15) is 12.1 Å². The fraction of sp³-hybridized carbons (Fsp3) is 0.158. The van der Waals surface area contributed by atoms with E-state index in [1.165, 1.54) is 6.33 Å². The van der Waals surface area contributed by atoms with E-state index in [4.69, 9.17) is 0 Å². The molecule has 1 aromatic heterocycles. The second-order valence-electron chi connectivity index (χ2n) is 5.91. The van der Waals surface area contributed by atoms with E-state index in [1.54, 1.807) is 11.8 Å². The summed E-state index contributed by atoms with van der Waals surface area (Å²) in [4.78, 5) is 9.83. The van der Waals surface area contributed by atoms with E-state index in [9.17, 15) is 8.42 Å². The summed E-state index contributed by atoms with van der Waals surface area (Å²) in [5.41, 5.74) is 3.58. The maximum atomic E-state index is 11.3. The third kappa shape index (κ3) is 5.53. The van der Waals surface area contributed by atoms with Crippen LogP contribution in [-0.4, -0.2) is 30.9 Å². The Kier molecular flexibility index (Phi) is 6.10. The van der Waals surface area contributed by atoms with Crippen LogP contribution in [-0.2, 0) is 16.6 Å². The Bertz CT molecular complexity index is 1040. The van der Waals surface area contributed by atoms with Gasteiger partial charge in [-0.25, -0.2) is 23.1 Å². The number of hydrogen-bond donors (Lipinski definition) is 2. The standard InChI is InChI=1S/C19H20N4O2S2/c1-26-18-9-4-3-8-16(18)17-11-19(21-13-20-17)23-15-7-5-6-14(10-15)12-22-27(2,24)25/h3-11,13,22H,12H2,1-2H3,(H,20,21,23). The van der Waals surface area contributed by atoms with Gasteiger partial charge in [0, 0.05) is 28.8 Å². The van der Waals surface area contributed by atoms with Crippen LogP contribution in [0.4, 0.5) is 11.5 Å². The van der Waals surface area contributed by atoms with Gasteiger partial charge in [-0.2, -0.15) is 0 Å². The molecular weight excluding hydrogens is 380 g/mol. The predicted octanol–water partition coefficient (Wildman–Crippen LogP) is 3.66. The summed E-state index contributed by atoms with van der Waals surface area (Å²) in [6.45, 7) is 0.241. The van der Waals surface area contributed by atoms with Crippen molar-refractivity contribution in [2.45, 2.75) is 11.4 Å². The molecule has 0 aliphatic heterocycles. The van der Waals surface area contributed by atoms with E-state index in [1.807, 2.05) is 54.8 Å². The lowest BCUT2D eigenvalue weighted by Crippen LogP contribution is -2.21. The highest BCUT2D eigenvalue weighted by atomic mass is 32.2. The van der Waals surface area contributed by atoms with Crippen LogP contribution in [0.2, 0.25) is 0 Å². The number of hydrogen-bond acceptors (Lipinski definition) is 6. The first-order valence-electron chi connectivity index (χ1n) is 8.20. The molecule has 1 heterocycles. The summed E-state index contributed by atoms with van der Waals surface area (Å²) in [6.07, 6.45) is 4.71. The summed E-state index contributed by atoms with van der Waals surface area (Å²) >= 11 is 1.67. The van der Waals surface area contributed by atoms with Gasteiger partial charge in [-0.1, -0.05) is 30.3 Å². The molecule has 3 rings (SSSR count). The largest absolute Gasteiger partial charge is 0.340 e. The van der Waals surface area contributed by atoms with Crippen molar-refractivity contribution in [3.8, 4) is 11.3 Å². The minimum absolute atomic E-state index is 0.241. The van der Waals surface area contributed by atoms with Gasteiger partial charge in [-0.15, -0.1) is 11.8 Å². The molecule has 3 aromatic rings. The molecule has 0 aliphatic carbocycles. The molecule has 2 N–H and O–H groups in total. The van der Waals surface area contributed by atoms with Gasteiger partial charge in [-0.05, 0) is 30.0 Å². The first-order chi connectivity index (χ1) is 12.9. The van der Waals surface area contributed by atoms with Gasteiger partial charge in [0.2, 0.25) is 10.0 Å². The van der Waals surface area contributed by atoms with Crippen molar-refractivity contribution in [1.29, 1.82) is 0 Å². The zero-order valence-electron chi connectivity index (χ0n) is 15.0. The second-order valence-corrected chi connectivity index (χ2v) is 8.59. The average Bonchev–Trinajstić information content (AvgIpc) is 2.66. The highest BCUT2D eigenvalue weighted by molar-refractivity contribution is 7.98. The SMILES string of the molecule is CSc1ccccc1-c1cc(Nc2cccc(CNS(C)(=O)=O)c2)ncn1. The molecule has 6 nitrogen and oxygen atoms in total. The lowest BCUT2D eigenvalue weighted by atomic mass is 10.1. The Hall–Kier alpha value is -2.42. The molecule has 0 unspecified atom stereocenters. The normalized spacial score (nSPS) is 11.3. The number of thioether (sulfide) groups is 1. The third-order valence-corrected chi connectivity index (χ3v) is 5.25. The van der Waals surface area contributed by atoms with Crippen LogP contribution in [0.5, 0.6) is 0 Å². The average molecular weight is 401 g/mol. The smallest absolute Gasteiger partial charge is 0.209 e.